The number of para-hydroxylation sites is 1. The van der Waals surface area contributed by atoms with Crippen LogP contribution < -0.4 is 9.47 Å². The molecule has 1 heterocycles. The van der Waals surface area contributed by atoms with E-state index < -0.39 is 10.9 Å². The minimum atomic E-state index is -0.631. The van der Waals surface area contributed by atoms with Crippen LogP contribution in [0, 0.1) is 10.1 Å². The molecule has 142 valence electrons. The van der Waals surface area contributed by atoms with Gasteiger partial charge in [-0.2, -0.15) is 0 Å². The maximum atomic E-state index is 12.6. The fraction of sp³-hybridized carbons (Fsp3) is 0.100. The SMILES string of the molecule is COc1ccc([N+](=O)[O-])cc1COC(=O)c1ccccc1Oc1cccnc1. The van der Waals surface area contributed by atoms with Crippen LogP contribution in [-0.2, 0) is 11.3 Å². The molecule has 0 bridgehead atoms. The molecule has 8 heteroatoms. The molecule has 0 amide bonds. The number of pyridine rings is 1. The second-order valence-corrected chi connectivity index (χ2v) is 5.62. The molecular weight excluding hydrogens is 364 g/mol. The highest BCUT2D eigenvalue weighted by atomic mass is 16.6. The number of rotatable bonds is 7. The lowest BCUT2D eigenvalue weighted by atomic mass is 10.2. The van der Waals surface area contributed by atoms with Crippen molar-refractivity contribution in [2.24, 2.45) is 0 Å². The van der Waals surface area contributed by atoms with E-state index in [2.05, 4.69) is 4.98 Å². The van der Waals surface area contributed by atoms with E-state index in [1.807, 2.05) is 0 Å². The number of carbonyl (C=O) groups is 1. The normalized spacial score (nSPS) is 10.2. The van der Waals surface area contributed by atoms with Crippen LogP contribution in [-0.4, -0.2) is 23.0 Å². The number of carbonyl (C=O) groups excluding carboxylic acids is 1. The van der Waals surface area contributed by atoms with E-state index in [4.69, 9.17) is 14.2 Å². The highest BCUT2D eigenvalue weighted by Crippen LogP contribution is 2.27. The summed E-state index contributed by atoms with van der Waals surface area (Å²) in [6, 6.07) is 14.1. The van der Waals surface area contributed by atoms with E-state index in [9.17, 15) is 14.9 Å². The number of hydrogen-bond donors (Lipinski definition) is 0. The summed E-state index contributed by atoms with van der Waals surface area (Å²) in [6.07, 6.45) is 3.13. The topological polar surface area (TPSA) is 101 Å². The molecule has 0 spiro atoms. The zero-order valence-corrected chi connectivity index (χ0v) is 14.9. The van der Waals surface area contributed by atoms with Crippen LogP contribution in [0.15, 0.2) is 67.0 Å². The molecule has 2 aromatic carbocycles. The van der Waals surface area contributed by atoms with Crippen molar-refractivity contribution < 1.29 is 23.9 Å². The predicted octanol–water partition coefficient (Wildman–Crippen LogP) is 4.15. The maximum Gasteiger partial charge on any atom is 0.342 e. The molecule has 0 fully saturated rings. The van der Waals surface area contributed by atoms with Crippen molar-refractivity contribution >= 4 is 11.7 Å². The fourth-order valence-corrected chi connectivity index (χ4v) is 2.47. The van der Waals surface area contributed by atoms with Crippen LogP contribution in [0.2, 0.25) is 0 Å². The summed E-state index contributed by atoms with van der Waals surface area (Å²) in [7, 11) is 1.43. The molecule has 0 N–H and O–H groups in total. The molecule has 0 atom stereocenters. The summed E-state index contributed by atoms with van der Waals surface area (Å²) in [5.41, 5.74) is 0.485. The molecule has 0 aliphatic heterocycles. The number of nitro benzene ring substituents is 1. The van der Waals surface area contributed by atoms with Crippen molar-refractivity contribution in [3.05, 3.63) is 88.2 Å². The highest BCUT2D eigenvalue weighted by Gasteiger charge is 2.17. The molecule has 0 saturated carbocycles. The molecule has 1 aromatic heterocycles. The Morgan fingerprint density at radius 3 is 2.64 bits per heavy atom. The molecule has 0 radical (unpaired) electrons. The first-order valence-corrected chi connectivity index (χ1v) is 8.24. The van der Waals surface area contributed by atoms with Gasteiger partial charge in [0.2, 0.25) is 0 Å². The summed E-state index contributed by atoms with van der Waals surface area (Å²) < 4.78 is 16.2. The van der Waals surface area contributed by atoms with Gasteiger partial charge in [-0.15, -0.1) is 0 Å². The lowest BCUT2D eigenvalue weighted by molar-refractivity contribution is -0.385. The largest absolute Gasteiger partial charge is 0.496 e. The van der Waals surface area contributed by atoms with Gasteiger partial charge in [0, 0.05) is 23.9 Å². The smallest absolute Gasteiger partial charge is 0.342 e. The Morgan fingerprint density at radius 1 is 1.11 bits per heavy atom. The molecule has 0 unspecified atom stereocenters. The quantitative estimate of drug-likeness (QED) is 0.345. The number of non-ortho nitro benzene ring substituents is 1. The number of nitrogens with zero attached hydrogens (tertiary/aromatic N) is 2. The van der Waals surface area contributed by atoms with Crippen molar-refractivity contribution in [1.82, 2.24) is 4.98 Å². The number of nitro groups is 1. The number of benzene rings is 2. The Labute approximate surface area is 160 Å². The third kappa shape index (κ3) is 4.42. The summed E-state index contributed by atoms with van der Waals surface area (Å²) in [5, 5.41) is 11.0. The Kier molecular flexibility index (Phi) is 5.81. The van der Waals surface area contributed by atoms with Crippen LogP contribution in [0.4, 0.5) is 5.69 Å². The molecular formula is C20H16N2O6. The van der Waals surface area contributed by atoms with Gasteiger partial charge < -0.3 is 14.2 Å². The van der Waals surface area contributed by atoms with Crippen LogP contribution in [0.5, 0.6) is 17.2 Å². The van der Waals surface area contributed by atoms with E-state index in [1.54, 1.807) is 42.6 Å². The molecule has 0 saturated heterocycles. The van der Waals surface area contributed by atoms with Gasteiger partial charge in [-0.1, -0.05) is 12.1 Å². The fourth-order valence-electron chi connectivity index (χ4n) is 2.47. The van der Waals surface area contributed by atoms with Crippen LogP contribution in [0.3, 0.4) is 0 Å². The standard InChI is InChI=1S/C20H16N2O6/c1-26-18-9-8-15(22(24)25)11-14(18)13-27-20(23)17-6-2-3-7-19(17)28-16-5-4-10-21-12-16/h2-12H,13H2,1H3. The Morgan fingerprint density at radius 2 is 1.93 bits per heavy atom. The van der Waals surface area contributed by atoms with E-state index in [0.29, 0.717) is 22.8 Å². The average Bonchev–Trinajstić information content (AvgIpc) is 2.73. The molecule has 8 nitrogen and oxygen atoms in total. The summed E-state index contributed by atoms with van der Waals surface area (Å²) >= 11 is 0. The van der Waals surface area contributed by atoms with Crippen molar-refractivity contribution in [2.45, 2.75) is 6.61 Å². The number of esters is 1. The summed E-state index contributed by atoms with van der Waals surface area (Å²) in [4.78, 5) is 27.0. The van der Waals surface area contributed by atoms with Crippen molar-refractivity contribution in [3.63, 3.8) is 0 Å². The van der Waals surface area contributed by atoms with Gasteiger partial charge in [0.1, 0.15) is 29.4 Å². The van der Waals surface area contributed by atoms with Gasteiger partial charge in [0.05, 0.1) is 18.2 Å². The minimum Gasteiger partial charge on any atom is -0.496 e. The van der Waals surface area contributed by atoms with Crippen molar-refractivity contribution in [2.75, 3.05) is 7.11 Å². The Balaban J connectivity index is 1.77. The second-order valence-electron chi connectivity index (χ2n) is 5.62. The van der Waals surface area contributed by atoms with Crippen LogP contribution in [0.25, 0.3) is 0 Å². The van der Waals surface area contributed by atoms with Crippen LogP contribution in [0.1, 0.15) is 15.9 Å². The average molecular weight is 380 g/mol. The zero-order valence-electron chi connectivity index (χ0n) is 14.9. The number of hydrogen-bond acceptors (Lipinski definition) is 7. The molecule has 0 aliphatic rings. The van der Waals surface area contributed by atoms with E-state index in [1.165, 1.54) is 31.5 Å². The van der Waals surface area contributed by atoms with Crippen molar-refractivity contribution in [1.29, 1.82) is 0 Å². The van der Waals surface area contributed by atoms with E-state index >= 15 is 0 Å². The lowest BCUT2D eigenvalue weighted by Gasteiger charge is -2.12. The Bertz CT molecular complexity index is 991. The molecule has 0 aliphatic carbocycles. The van der Waals surface area contributed by atoms with Crippen LogP contribution >= 0.6 is 0 Å². The van der Waals surface area contributed by atoms with Gasteiger partial charge in [0.25, 0.3) is 5.69 Å². The number of methoxy groups -OCH3 is 1. The number of ether oxygens (including phenoxy) is 3. The molecule has 3 rings (SSSR count). The third-order valence-electron chi connectivity index (χ3n) is 3.80. The highest BCUT2D eigenvalue weighted by molar-refractivity contribution is 5.92. The lowest BCUT2D eigenvalue weighted by Crippen LogP contribution is -2.08. The van der Waals surface area contributed by atoms with E-state index in [-0.39, 0.29) is 17.9 Å². The minimum absolute atomic E-state index is 0.118. The maximum absolute atomic E-state index is 12.6. The van der Waals surface area contributed by atoms with Gasteiger partial charge in [0.15, 0.2) is 0 Å². The van der Waals surface area contributed by atoms with Crippen molar-refractivity contribution in [3.8, 4) is 17.2 Å². The predicted molar refractivity (Wildman–Crippen MR) is 99.5 cm³/mol. The second kappa shape index (κ2) is 8.63. The van der Waals surface area contributed by atoms with Gasteiger partial charge >= 0.3 is 5.97 Å². The van der Waals surface area contributed by atoms with Gasteiger partial charge in [-0.25, -0.2) is 4.79 Å². The number of aromatic nitrogens is 1. The van der Waals surface area contributed by atoms with Gasteiger partial charge in [-0.05, 0) is 30.3 Å². The monoisotopic (exact) mass is 380 g/mol. The summed E-state index contributed by atoms with van der Waals surface area (Å²) in [6.45, 7) is -0.190. The van der Waals surface area contributed by atoms with Gasteiger partial charge in [-0.3, -0.25) is 15.1 Å². The first-order valence-electron chi connectivity index (χ1n) is 8.24. The zero-order chi connectivity index (χ0) is 19.9. The molecule has 28 heavy (non-hydrogen) atoms. The molecule has 3 aromatic rings. The third-order valence-corrected chi connectivity index (χ3v) is 3.80. The first kappa shape index (κ1) is 18.8. The van der Waals surface area contributed by atoms with E-state index in [0.717, 1.165) is 0 Å². The first-order chi connectivity index (χ1) is 13.6. The Hall–Kier alpha value is -3.94. The summed E-state index contributed by atoms with van der Waals surface area (Å²) in [5.74, 6) is 0.543.